The van der Waals surface area contributed by atoms with Crippen molar-refractivity contribution >= 4 is 17.6 Å². The van der Waals surface area contributed by atoms with Crippen LogP contribution in [0.3, 0.4) is 0 Å². The number of hydrogen-bond acceptors (Lipinski definition) is 6. The second-order valence-electron chi connectivity index (χ2n) is 3.61. The Morgan fingerprint density at radius 2 is 1.95 bits per heavy atom. The molecule has 1 aromatic carbocycles. The van der Waals surface area contributed by atoms with Crippen molar-refractivity contribution in [3.8, 4) is 22.6 Å². The van der Waals surface area contributed by atoms with Crippen LogP contribution in [0, 0.1) is 5.82 Å². The number of ether oxygens (including phenoxy) is 2. The SMILES string of the molecule is COc1c(-c2cnoc2N)cc(F)c(SC)c1OC. The normalized spacial score (nSPS) is 10.5. The molecular formula is C12H13FN2O3S. The van der Waals surface area contributed by atoms with Crippen LogP contribution in [0.5, 0.6) is 11.5 Å². The predicted molar refractivity (Wildman–Crippen MR) is 71.2 cm³/mol. The zero-order valence-corrected chi connectivity index (χ0v) is 11.5. The van der Waals surface area contributed by atoms with E-state index in [2.05, 4.69) is 5.16 Å². The maximum absolute atomic E-state index is 14.1. The number of rotatable bonds is 4. The number of benzene rings is 1. The van der Waals surface area contributed by atoms with Gasteiger partial charge in [-0.15, -0.1) is 11.8 Å². The molecule has 0 fully saturated rings. The molecule has 19 heavy (non-hydrogen) atoms. The Bertz CT molecular complexity index is 601. The minimum absolute atomic E-state index is 0.0941. The van der Waals surface area contributed by atoms with Crippen LogP contribution in [-0.4, -0.2) is 25.6 Å². The number of anilines is 1. The average Bonchev–Trinajstić information content (AvgIpc) is 2.83. The van der Waals surface area contributed by atoms with Gasteiger partial charge in [0, 0.05) is 5.56 Å². The quantitative estimate of drug-likeness (QED) is 0.870. The van der Waals surface area contributed by atoms with E-state index in [-0.39, 0.29) is 5.88 Å². The molecule has 0 atom stereocenters. The number of nitrogens with two attached hydrogens (primary N) is 1. The fraction of sp³-hybridized carbons (Fsp3) is 0.250. The summed E-state index contributed by atoms with van der Waals surface area (Å²) in [6.07, 6.45) is 3.17. The van der Waals surface area contributed by atoms with Crippen molar-refractivity contribution in [1.82, 2.24) is 5.16 Å². The molecule has 0 aliphatic carbocycles. The van der Waals surface area contributed by atoms with Gasteiger partial charge in [0.05, 0.1) is 30.9 Å². The summed E-state index contributed by atoms with van der Waals surface area (Å²) in [5.74, 6) is 0.395. The molecule has 0 unspecified atom stereocenters. The summed E-state index contributed by atoms with van der Waals surface area (Å²) in [6.45, 7) is 0. The molecule has 2 aromatic rings. The lowest BCUT2D eigenvalue weighted by atomic mass is 10.1. The van der Waals surface area contributed by atoms with Crippen molar-refractivity contribution in [3.05, 3.63) is 18.1 Å². The largest absolute Gasteiger partial charge is 0.492 e. The number of hydrogen-bond donors (Lipinski definition) is 1. The molecule has 0 spiro atoms. The van der Waals surface area contributed by atoms with Crippen LogP contribution in [0.25, 0.3) is 11.1 Å². The first-order valence-corrected chi connectivity index (χ1v) is 6.55. The van der Waals surface area contributed by atoms with Gasteiger partial charge in [-0.25, -0.2) is 4.39 Å². The highest BCUT2D eigenvalue weighted by molar-refractivity contribution is 7.98. The predicted octanol–water partition coefficient (Wildman–Crippen LogP) is 2.80. The van der Waals surface area contributed by atoms with E-state index in [0.717, 1.165) is 0 Å². The molecule has 5 nitrogen and oxygen atoms in total. The Morgan fingerprint density at radius 3 is 2.42 bits per heavy atom. The molecule has 1 aromatic heterocycles. The van der Waals surface area contributed by atoms with Gasteiger partial charge in [-0.05, 0) is 12.3 Å². The van der Waals surface area contributed by atoms with Gasteiger partial charge in [0.25, 0.3) is 0 Å². The first-order valence-electron chi connectivity index (χ1n) is 5.33. The molecule has 0 bridgehead atoms. The van der Waals surface area contributed by atoms with Gasteiger partial charge in [0.1, 0.15) is 5.82 Å². The van der Waals surface area contributed by atoms with E-state index in [4.69, 9.17) is 19.7 Å². The second kappa shape index (κ2) is 5.40. The third kappa shape index (κ3) is 2.21. The molecular weight excluding hydrogens is 271 g/mol. The van der Waals surface area contributed by atoms with Crippen LogP contribution in [0.15, 0.2) is 21.7 Å². The van der Waals surface area contributed by atoms with Gasteiger partial charge in [-0.1, -0.05) is 5.16 Å². The van der Waals surface area contributed by atoms with Gasteiger partial charge >= 0.3 is 0 Å². The highest BCUT2D eigenvalue weighted by Gasteiger charge is 2.23. The van der Waals surface area contributed by atoms with Crippen molar-refractivity contribution in [2.45, 2.75) is 4.90 Å². The molecule has 0 saturated heterocycles. The Balaban J connectivity index is 2.75. The second-order valence-corrected chi connectivity index (χ2v) is 4.43. The summed E-state index contributed by atoms with van der Waals surface area (Å²) in [5, 5.41) is 3.58. The number of thioether (sulfide) groups is 1. The van der Waals surface area contributed by atoms with Crippen molar-refractivity contribution in [2.75, 3.05) is 26.2 Å². The molecule has 1 heterocycles. The third-order valence-electron chi connectivity index (χ3n) is 2.65. The van der Waals surface area contributed by atoms with Crippen LogP contribution in [-0.2, 0) is 0 Å². The van der Waals surface area contributed by atoms with E-state index in [9.17, 15) is 4.39 Å². The minimum Gasteiger partial charge on any atom is -0.492 e. The Labute approximate surface area is 113 Å². The average molecular weight is 284 g/mol. The van der Waals surface area contributed by atoms with Gasteiger partial charge < -0.3 is 19.7 Å². The monoisotopic (exact) mass is 284 g/mol. The Morgan fingerprint density at radius 1 is 1.26 bits per heavy atom. The fourth-order valence-electron chi connectivity index (χ4n) is 1.82. The summed E-state index contributed by atoms with van der Waals surface area (Å²) in [4.78, 5) is 0.373. The molecule has 2 rings (SSSR count). The van der Waals surface area contributed by atoms with Crippen LogP contribution >= 0.6 is 11.8 Å². The van der Waals surface area contributed by atoms with Crippen LogP contribution < -0.4 is 15.2 Å². The van der Waals surface area contributed by atoms with E-state index in [0.29, 0.717) is 27.5 Å². The third-order valence-corrected chi connectivity index (χ3v) is 3.43. The standard InChI is InChI=1S/C12H13FN2O3S/c1-16-9-6(7-5-15-18-12(7)14)4-8(13)11(19-3)10(9)17-2/h4-5H,14H2,1-3H3. The van der Waals surface area contributed by atoms with E-state index in [1.807, 2.05) is 0 Å². The Hall–Kier alpha value is -1.89. The van der Waals surface area contributed by atoms with E-state index in [1.54, 1.807) is 6.26 Å². The van der Waals surface area contributed by atoms with E-state index in [1.165, 1.54) is 38.2 Å². The summed E-state index contributed by atoms with van der Waals surface area (Å²) in [6, 6.07) is 1.33. The smallest absolute Gasteiger partial charge is 0.230 e. The van der Waals surface area contributed by atoms with Crippen molar-refractivity contribution < 1.29 is 18.4 Å². The molecule has 2 N–H and O–H groups in total. The molecule has 0 aliphatic heterocycles. The first kappa shape index (κ1) is 13.5. The molecule has 102 valence electrons. The van der Waals surface area contributed by atoms with Crippen LogP contribution in [0.4, 0.5) is 10.3 Å². The van der Waals surface area contributed by atoms with E-state index >= 15 is 0 Å². The molecule has 0 amide bonds. The summed E-state index contributed by atoms with van der Waals surface area (Å²) < 4.78 is 29.4. The number of halogens is 1. The van der Waals surface area contributed by atoms with E-state index < -0.39 is 5.82 Å². The highest BCUT2D eigenvalue weighted by atomic mass is 32.2. The summed E-state index contributed by atoms with van der Waals surface area (Å²) in [7, 11) is 2.94. The minimum atomic E-state index is -0.416. The summed E-state index contributed by atoms with van der Waals surface area (Å²) in [5.41, 5.74) is 6.55. The maximum atomic E-state index is 14.1. The van der Waals surface area contributed by atoms with Crippen molar-refractivity contribution in [1.29, 1.82) is 0 Å². The van der Waals surface area contributed by atoms with Gasteiger partial charge in [-0.3, -0.25) is 0 Å². The summed E-state index contributed by atoms with van der Waals surface area (Å²) >= 11 is 1.24. The molecule has 0 radical (unpaired) electrons. The first-order chi connectivity index (χ1) is 9.13. The van der Waals surface area contributed by atoms with Crippen LogP contribution in [0.1, 0.15) is 0 Å². The zero-order chi connectivity index (χ0) is 14.0. The number of nitrogen functional groups attached to an aromatic ring is 1. The van der Waals surface area contributed by atoms with Gasteiger partial charge in [-0.2, -0.15) is 0 Å². The topological polar surface area (TPSA) is 70.5 Å². The molecule has 7 heteroatoms. The lowest BCUT2D eigenvalue weighted by molar-refractivity contribution is 0.344. The zero-order valence-electron chi connectivity index (χ0n) is 10.7. The molecule has 0 aliphatic rings. The van der Waals surface area contributed by atoms with Crippen molar-refractivity contribution in [3.63, 3.8) is 0 Å². The van der Waals surface area contributed by atoms with Crippen LogP contribution in [0.2, 0.25) is 0 Å². The maximum Gasteiger partial charge on any atom is 0.230 e. The van der Waals surface area contributed by atoms with Gasteiger partial charge in [0.2, 0.25) is 5.88 Å². The lowest BCUT2D eigenvalue weighted by Gasteiger charge is -2.15. The van der Waals surface area contributed by atoms with Crippen molar-refractivity contribution in [2.24, 2.45) is 0 Å². The Kier molecular flexibility index (Phi) is 3.84. The van der Waals surface area contributed by atoms with Gasteiger partial charge in [0.15, 0.2) is 11.5 Å². The number of nitrogens with zero attached hydrogens (tertiary/aromatic N) is 1. The fourth-order valence-corrected chi connectivity index (χ4v) is 2.44. The molecule has 0 saturated carbocycles. The number of aromatic nitrogens is 1. The number of methoxy groups -OCH3 is 2. The lowest BCUT2D eigenvalue weighted by Crippen LogP contribution is -1.98. The highest BCUT2D eigenvalue weighted by Crippen LogP contribution is 2.46.